The number of hydrogen-bond donors (Lipinski definition) is 1. The predicted octanol–water partition coefficient (Wildman–Crippen LogP) is 3.76. The topological polar surface area (TPSA) is 15.3 Å². The zero-order valence-electron chi connectivity index (χ0n) is 13.5. The van der Waals surface area contributed by atoms with Crippen molar-refractivity contribution in [1.29, 1.82) is 0 Å². The lowest BCUT2D eigenvalue weighted by molar-refractivity contribution is 0.244. The maximum Gasteiger partial charge on any atom is 0.0236 e. The summed E-state index contributed by atoms with van der Waals surface area (Å²) in [4.78, 5) is 2.47. The van der Waals surface area contributed by atoms with Crippen molar-refractivity contribution >= 4 is 11.8 Å². The number of benzene rings is 1. The fraction of sp³-hybridized carbons (Fsp3) is 0.647. The normalized spacial score (nSPS) is 12.8. The fourth-order valence-electron chi connectivity index (χ4n) is 2.22. The highest BCUT2D eigenvalue weighted by Crippen LogP contribution is 2.14. The molecule has 0 fully saturated rings. The van der Waals surface area contributed by atoms with Gasteiger partial charge in [-0.1, -0.05) is 31.2 Å². The molecule has 114 valence electrons. The van der Waals surface area contributed by atoms with Crippen molar-refractivity contribution in [3.05, 3.63) is 35.4 Å². The summed E-state index contributed by atoms with van der Waals surface area (Å²) in [5, 5.41) is 3.51. The van der Waals surface area contributed by atoms with Crippen molar-refractivity contribution in [2.24, 2.45) is 0 Å². The van der Waals surface area contributed by atoms with Crippen LogP contribution in [-0.2, 0) is 13.1 Å². The van der Waals surface area contributed by atoms with Crippen LogP contribution < -0.4 is 5.32 Å². The Morgan fingerprint density at radius 1 is 1.25 bits per heavy atom. The average Bonchev–Trinajstić information content (AvgIpc) is 2.46. The highest BCUT2D eigenvalue weighted by Gasteiger charge is 2.11. The Morgan fingerprint density at radius 3 is 2.60 bits per heavy atom. The van der Waals surface area contributed by atoms with E-state index in [1.54, 1.807) is 0 Å². The molecule has 0 amide bonds. The van der Waals surface area contributed by atoms with Crippen molar-refractivity contribution in [2.75, 3.05) is 25.6 Å². The maximum absolute atomic E-state index is 3.51. The Labute approximate surface area is 129 Å². The minimum atomic E-state index is 0.638. The van der Waals surface area contributed by atoms with Crippen molar-refractivity contribution < 1.29 is 0 Å². The Balaban J connectivity index is 2.57. The van der Waals surface area contributed by atoms with Gasteiger partial charge in [0, 0.05) is 19.1 Å². The lowest BCUT2D eigenvalue weighted by Gasteiger charge is -2.25. The SMILES string of the molecule is CCCNCc1ccccc1CN(C)C(C)CCSC. The highest BCUT2D eigenvalue weighted by molar-refractivity contribution is 7.98. The third kappa shape index (κ3) is 6.29. The molecule has 0 aliphatic rings. The second-order valence-electron chi connectivity index (χ2n) is 5.49. The van der Waals surface area contributed by atoms with Crippen molar-refractivity contribution in [1.82, 2.24) is 10.2 Å². The fourth-order valence-corrected chi connectivity index (χ4v) is 2.79. The molecular formula is C17H30N2S. The molecule has 1 aromatic rings. The predicted molar refractivity (Wildman–Crippen MR) is 92.4 cm³/mol. The monoisotopic (exact) mass is 294 g/mol. The van der Waals surface area contributed by atoms with E-state index >= 15 is 0 Å². The van der Waals surface area contributed by atoms with E-state index in [1.807, 2.05) is 11.8 Å². The zero-order valence-corrected chi connectivity index (χ0v) is 14.3. The molecule has 0 aliphatic carbocycles. The summed E-state index contributed by atoms with van der Waals surface area (Å²) in [6.45, 7) is 7.65. The molecule has 0 aliphatic heterocycles. The summed E-state index contributed by atoms with van der Waals surface area (Å²) in [5.74, 6) is 1.24. The third-order valence-electron chi connectivity index (χ3n) is 3.77. The van der Waals surface area contributed by atoms with E-state index < -0.39 is 0 Å². The van der Waals surface area contributed by atoms with Crippen molar-refractivity contribution in [2.45, 2.75) is 45.8 Å². The minimum absolute atomic E-state index is 0.638. The summed E-state index contributed by atoms with van der Waals surface area (Å²) in [5.41, 5.74) is 2.89. The molecule has 1 rings (SSSR count). The first-order valence-electron chi connectivity index (χ1n) is 7.65. The van der Waals surface area contributed by atoms with E-state index in [1.165, 1.54) is 29.7 Å². The molecule has 1 aromatic carbocycles. The second kappa shape index (κ2) is 10.3. The van der Waals surface area contributed by atoms with Gasteiger partial charge < -0.3 is 5.32 Å². The molecule has 0 heterocycles. The second-order valence-corrected chi connectivity index (χ2v) is 6.48. The van der Waals surface area contributed by atoms with Gasteiger partial charge in [-0.05, 0) is 56.5 Å². The smallest absolute Gasteiger partial charge is 0.0236 e. The molecule has 0 saturated heterocycles. The summed E-state index contributed by atoms with van der Waals surface area (Å²) >= 11 is 1.93. The minimum Gasteiger partial charge on any atom is -0.313 e. The van der Waals surface area contributed by atoms with Gasteiger partial charge in [0.25, 0.3) is 0 Å². The molecule has 0 radical (unpaired) electrons. The molecule has 0 bridgehead atoms. The van der Waals surface area contributed by atoms with Gasteiger partial charge in [-0.2, -0.15) is 11.8 Å². The Morgan fingerprint density at radius 2 is 1.95 bits per heavy atom. The van der Waals surface area contributed by atoms with Crippen LogP contribution in [0.5, 0.6) is 0 Å². The van der Waals surface area contributed by atoms with E-state index in [4.69, 9.17) is 0 Å². The van der Waals surface area contributed by atoms with Gasteiger partial charge in [-0.3, -0.25) is 4.90 Å². The van der Waals surface area contributed by atoms with Gasteiger partial charge in [-0.25, -0.2) is 0 Å². The van der Waals surface area contributed by atoms with Gasteiger partial charge in [0.15, 0.2) is 0 Å². The number of nitrogens with one attached hydrogen (secondary N) is 1. The van der Waals surface area contributed by atoms with E-state index in [0.717, 1.165) is 19.6 Å². The average molecular weight is 295 g/mol. The molecule has 3 heteroatoms. The number of nitrogens with zero attached hydrogens (tertiary/aromatic N) is 1. The zero-order chi connectivity index (χ0) is 14.8. The van der Waals surface area contributed by atoms with Gasteiger partial charge in [0.05, 0.1) is 0 Å². The van der Waals surface area contributed by atoms with Gasteiger partial charge in [0.1, 0.15) is 0 Å². The lowest BCUT2D eigenvalue weighted by atomic mass is 10.1. The Bertz CT molecular complexity index is 368. The van der Waals surface area contributed by atoms with Crippen molar-refractivity contribution in [3.8, 4) is 0 Å². The Hall–Kier alpha value is -0.510. The van der Waals surface area contributed by atoms with Crippen LogP contribution in [-0.4, -0.2) is 36.5 Å². The highest BCUT2D eigenvalue weighted by atomic mass is 32.2. The van der Waals surface area contributed by atoms with Crippen LogP contribution in [0.4, 0.5) is 0 Å². The standard InChI is InChI=1S/C17H30N2S/c1-5-11-18-13-16-8-6-7-9-17(16)14-19(3)15(2)10-12-20-4/h6-9,15,18H,5,10-14H2,1-4H3. The molecule has 20 heavy (non-hydrogen) atoms. The first-order chi connectivity index (χ1) is 9.69. The summed E-state index contributed by atoms with van der Waals surface area (Å²) in [6, 6.07) is 9.45. The molecule has 0 spiro atoms. The summed E-state index contributed by atoms with van der Waals surface area (Å²) in [7, 11) is 2.24. The van der Waals surface area contributed by atoms with Crippen LogP contribution in [0.2, 0.25) is 0 Å². The first-order valence-corrected chi connectivity index (χ1v) is 9.05. The number of hydrogen-bond acceptors (Lipinski definition) is 3. The summed E-state index contributed by atoms with van der Waals surface area (Å²) < 4.78 is 0. The van der Waals surface area contributed by atoms with Crippen LogP contribution >= 0.6 is 11.8 Å². The van der Waals surface area contributed by atoms with Crippen LogP contribution in [0, 0.1) is 0 Å². The molecule has 0 aromatic heterocycles. The lowest BCUT2D eigenvalue weighted by Crippen LogP contribution is -2.29. The van der Waals surface area contributed by atoms with Crippen LogP contribution in [0.3, 0.4) is 0 Å². The van der Waals surface area contributed by atoms with E-state index in [9.17, 15) is 0 Å². The van der Waals surface area contributed by atoms with Gasteiger partial charge >= 0.3 is 0 Å². The van der Waals surface area contributed by atoms with E-state index in [-0.39, 0.29) is 0 Å². The van der Waals surface area contributed by atoms with Crippen LogP contribution in [0.1, 0.15) is 37.8 Å². The third-order valence-corrected chi connectivity index (χ3v) is 4.42. The summed E-state index contributed by atoms with van der Waals surface area (Å²) in [6.07, 6.45) is 4.63. The molecular weight excluding hydrogens is 264 g/mol. The molecule has 1 unspecified atom stereocenters. The van der Waals surface area contributed by atoms with Crippen molar-refractivity contribution in [3.63, 3.8) is 0 Å². The molecule has 1 atom stereocenters. The van der Waals surface area contributed by atoms with Gasteiger partial charge in [0.2, 0.25) is 0 Å². The van der Waals surface area contributed by atoms with Crippen LogP contribution in [0.15, 0.2) is 24.3 Å². The van der Waals surface area contributed by atoms with E-state index in [0.29, 0.717) is 6.04 Å². The number of rotatable bonds is 10. The Kier molecular flexibility index (Phi) is 8.99. The molecule has 1 N–H and O–H groups in total. The maximum atomic E-state index is 3.51. The first kappa shape index (κ1) is 17.5. The van der Waals surface area contributed by atoms with E-state index in [2.05, 4.69) is 61.6 Å². The van der Waals surface area contributed by atoms with Gasteiger partial charge in [-0.15, -0.1) is 0 Å². The molecule has 0 saturated carbocycles. The quantitative estimate of drug-likeness (QED) is 0.662. The largest absolute Gasteiger partial charge is 0.313 e. The molecule has 2 nitrogen and oxygen atoms in total. The van der Waals surface area contributed by atoms with Crippen LogP contribution in [0.25, 0.3) is 0 Å². The number of thioether (sulfide) groups is 1.